The van der Waals surface area contributed by atoms with E-state index < -0.39 is 6.10 Å². The van der Waals surface area contributed by atoms with E-state index in [2.05, 4.69) is 12.1 Å². The number of anilines is 1. The van der Waals surface area contributed by atoms with Crippen LogP contribution in [0.2, 0.25) is 0 Å². The van der Waals surface area contributed by atoms with Gasteiger partial charge < -0.3 is 19.1 Å². The predicted octanol–water partition coefficient (Wildman–Crippen LogP) is 4.50. The molecule has 4 rings (SSSR count). The first-order chi connectivity index (χ1) is 14.2. The van der Waals surface area contributed by atoms with Gasteiger partial charge in [0, 0.05) is 30.5 Å². The summed E-state index contributed by atoms with van der Waals surface area (Å²) >= 11 is 1.73. The molecule has 1 aliphatic carbocycles. The SMILES string of the molecule is COc1cc(N2CC[C@@H](Oc3ccc(C4CC4)cc3)C2=O)ccc1OCCSC. The summed E-state index contributed by atoms with van der Waals surface area (Å²) in [6.07, 6.45) is 4.81. The fourth-order valence-corrected chi connectivity index (χ4v) is 3.85. The van der Waals surface area contributed by atoms with Crippen LogP contribution in [0.15, 0.2) is 42.5 Å². The van der Waals surface area contributed by atoms with Gasteiger partial charge in [0.15, 0.2) is 17.6 Å². The van der Waals surface area contributed by atoms with Gasteiger partial charge in [-0.2, -0.15) is 11.8 Å². The van der Waals surface area contributed by atoms with Crippen LogP contribution in [0.25, 0.3) is 0 Å². The molecule has 2 aromatic carbocycles. The summed E-state index contributed by atoms with van der Waals surface area (Å²) in [5.41, 5.74) is 2.17. The normalized spacial score (nSPS) is 18.8. The molecule has 0 unspecified atom stereocenters. The van der Waals surface area contributed by atoms with Crippen LogP contribution >= 0.6 is 11.8 Å². The molecule has 0 bridgehead atoms. The highest BCUT2D eigenvalue weighted by Crippen LogP contribution is 2.40. The van der Waals surface area contributed by atoms with Crippen molar-refractivity contribution >= 4 is 23.4 Å². The lowest BCUT2D eigenvalue weighted by Gasteiger charge is -2.19. The van der Waals surface area contributed by atoms with Crippen molar-refractivity contribution in [3.05, 3.63) is 48.0 Å². The number of methoxy groups -OCH3 is 1. The van der Waals surface area contributed by atoms with Crippen molar-refractivity contribution in [1.29, 1.82) is 0 Å². The number of amides is 1. The van der Waals surface area contributed by atoms with Crippen molar-refractivity contribution in [1.82, 2.24) is 0 Å². The molecule has 2 fully saturated rings. The number of ether oxygens (including phenoxy) is 3. The number of benzene rings is 2. The van der Waals surface area contributed by atoms with Crippen LogP contribution in [0.3, 0.4) is 0 Å². The summed E-state index contributed by atoms with van der Waals surface area (Å²) in [4.78, 5) is 14.7. The fraction of sp³-hybridized carbons (Fsp3) is 0.435. The molecule has 1 saturated heterocycles. The van der Waals surface area contributed by atoms with E-state index in [1.165, 1.54) is 18.4 Å². The Kier molecular flexibility index (Phi) is 6.19. The van der Waals surface area contributed by atoms with Gasteiger partial charge in [-0.05, 0) is 54.8 Å². The molecule has 154 valence electrons. The molecule has 1 amide bonds. The van der Waals surface area contributed by atoms with Crippen LogP contribution in [-0.2, 0) is 4.79 Å². The third-order valence-corrected chi connectivity index (χ3v) is 5.94. The lowest BCUT2D eigenvalue weighted by Crippen LogP contribution is -2.32. The molecule has 2 aliphatic rings. The molecule has 0 N–H and O–H groups in total. The first-order valence-corrected chi connectivity index (χ1v) is 11.5. The average molecular weight is 414 g/mol. The number of thioether (sulfide) groups is 1. The maximum atomic E-state index is 12.9. The van der Waals surface area contributed by atoms with Crippen molar-refractivity contribution in [2.45, 2.75) is 31.3 Å². The zero-order valence-electron chi connectivity index (χ0n) is 16.9. The van der Waals surface area contributed by atoms with Crippen molar-refractivity contribution in [3.8, 4) is 17.2 Å². The molecule has 6 heteroatoms. The zero-order chi connectivity index (χ0) is 20.2. The van der Waals surface area contributed by atoms with Gasteiger partial charge in [-0.1, -0.05) is 12.1 Å². The largest absolute Gasteiger partial charge is 0.493 e. The van der Waals surface area contributed by atoms with Gasteiger partial charge in [0.1, 0.15) is 5.75 Å². The Hall–Kier alpha value is -2.34. The molecule has 1 saturated carbocycles. The van der Waals surface area contributed by atoms with Gasteiger partial charge >= 0.3 is 0 Å². The molecule has 0 spiro atoms. The smallest absolute Gasteiger partial charge is 0.268 e. The Morgan fingerprint density at radius 3 is 2.55 bits per heavy atom. The summed E-state index contributed by atoms with van der Waals surface area (Å²) in [6, 6.07) is 13.8. The first-order valence-electron chi connectivity index (χ1n) is 10.1. The predicted molar refractivity (Wildman–Crippen MR) is 117 cm³/mol. The maximum absolute atomic E-state index is 12.9. The minimum Gasteiger partial charge on any atom is -0.493 e. The number of hydrogen-bond donors (Lipinski definition) is 0. The maximum Gasteiger partial charge on any atom is 0.268 e. The van der Waals surface area contributed by atoms with E-state index in [4.69, 9.17) is 14.2 Å². The monoisotopic (exact) mass is 413 g/mol. The van der Waals surface area contributed by atoms with Crippen LogP contribution in [0, 0.1) is 0 Å². The number of hydrogen-bond acceptors (Lipinski definition) is 5. The lowest BCUT2D eigenvalue weighted by atomic mass is 10.1. The van der Waals surface area contributed by atoms with Gasteiger partial charge in [-0.3, -0.25) is 4.79 Å². The fourth-order valence-electron chi connectivity index (χ4n) is 3.60. The highest BCUT2D eigenvalue weighted by molar-refractivity contribution is 7.98. The average Bonchev–Trinajstić information content (AvgIpc) is 3.54. The van der Waals surface area contributed by atoms with Crippen LogP contribution in [0.5, 0.6) is 17.2 Å². The number of carbonyl (C=O) groups is 1. The van der Waals surface area contributed by atoms with Gasteiger partial charge in [0.25, 0.3) is 5.91 Å². The number of nitrogens with zero attached hydrogens (tertiary/aromatic N) is 1. The molecule has 1 heterocycles. The van der Waals surface area contributed by atoms with Gasteiger partial charge in [-0.15, -0.1) is 0 Å². The second-order valence-electron chi connectivity index (χ2n) is 7.40. The topological polar surface area (TPSA) is 48.0 Å². The molecule has 1 atom stereocenters. The van der Waals surface area contributed by atoms with Crippen LogP contribution in [0.1, 0.15) is 30.7 Å². The molecular weight excluding hydrogens is 386 g/mol. The second-order valence-corrected chi connectivity index (χ2v) is 8.39. The Labute approximate surface area is 176 Å². The van der Waals surface area contributed by atoms with Crippen molar-refractivity contribution in [3.63, 3.8) is 0 Å². The zero-order valence-corrected chi connectivity index (χ0v) is 17.7. The standard InChI is InChI=1S/C23H27NO4S/c1-26-22-15-18(7-10-20(22)27-13-14-29-2)24-12-11-21(23(24)25)28-19-8-5-17(6-9-19)16-3-4-16/h5-10,15-16,21H,3-4,11-14H2,1-2H3/t21-/m1/s1. The Morgan fingerprint density at radius 1 is 1.07 bits per heavy atom. The van der Waals surface area contributed by atoms with E-state index in [1.54, 1.807) is 23.8 Å². The van der Waals surface area contributed by atoms with Crippen molar-refractivity contribution in [2.75, 3.05) is 37.2 Å². The van der Waals surface area contributed by atoms with E-state index in [1.807, 2.05) is 36.6 Å². The van der Waals surface area contributed by atoms with E-state index >= 15 is 0 Å². The summed E-state index contributed by atoms with van der Waals surface area (Å²) in [7, 11) is 1.61. The van der Waals surface area contributed by atoms with E-state index in [-0.39, 0.29) is 5.91 Å². The van der Waals surface area contributed by atoms with Gasteiger partial charge in [0.05, 0.1) is 13.7 Å². The molecule has 5 nitrogen and oxygen atoms in total. The Bertz CT molecular complexity index is 850. The van der Waals surface area contributed by atoms with Crippen LogP contribution < -0.4 is 19.1 Å². The third-order valence-electron chi connectivity index (χ3n) is 5.37. The highest BCUT2D eigenvalue weighted by Gasteiger charge is 2.35. The van der Waals surface area contributed by atoms with Crippen molar-refractivity contribution in [2.24, 2.45) is 0 Å². The second kappa shape index (κ2) is 8.99. The minimum absolute atomic E-state index is 0.0191. The van der Waals surface area contributed by atoms with E-state index in [0.717, 1.165) is 23.1 Å². The quantitative estimate of drug-likeness (QED) is 0.567. The van der Waals surface area contributed by atoms with Crippen molar-refractivity contribution < 1.29 is 19.0 Å². The summed E-state index contributed by atoms with van der Waals surface area (Å²) < 4.78 is 17.2. The highest BCUT2D eigenvalue weighted by atomic mass is 32.2. The van der Waals surface area contributed by atoms with Gasteiger partial charge in [0.2, 0.25) is 0 Å². The Morgan fingerprint density at radius 2 is 1.86 bits per heavy atom. The summed E-state index contributed by atoms with van der Waals surface area (Å²) in [5, 5.41) is 0. The molecular formula is C23H27NO4S. The molecule has 0 aromatic heterocycles. The Balaban J connectivity index is 1.41. The first kappa shape index (κ1) is 20.0. The number of carbonyl (C=O) groups excluding carboxylic acids is 1. The van der Waals surface area contributed by atoms with E-state index in [9.17, 15) is 4.79 Å². The third kappa shape index (κ3) is 4.64. The summed E-state index contributed by atoms with van der Waals surface area (Å²) in [5.74, 6) is 3.70. The lowest BCUT2D eigenvalue weighted by molar-refractivity contribution is -0.122. The molecule has 1 aliphatic heterocycles. The van der Waals surface area contributed by atoms with E-state index in [0.29, 0.717) is 31.1 Å². The summed E-state index contributed by atoms with van der Waals surface area (Å²) in [6.45, 7) is 1.24. The van der Waals surface area contributed by atoms with Crippen LogP contribution in [-0.4, -0.2) is 44.3 Å². The molecule has 2 aromatic rings. The number of rotatable bonds is 9. The minimum atomic E-state index is -0.453. The van der Waals surface area contributed by atoms with Crippen LogP contribution in [0.4, 0.5) is 5.69 Å². The molecule has 29 heavy (non-hydrogen) atoms. The molecule has 0 radical (unpaired) electrons. The van der Waals surface area contributed by atoms with Gasteiger partial charge in [-0.25, -0.2) is 0 Å².